The molecule has 72 valence electrons. The van der Waals surface area contributed by atoms with Crippen LogP contribution in [0.25, 0.3) is 0 Å². The van der Waals surface area contributed by atoms with Crippen molar-refractivity contribution in [3.63, 3.8) is 0 Å². The molecule has 13 heavy (non-hydrogen) atoms. The molecule has 1 aromatic rings. The van der Waals surface area contributed by atoms with E-state index in [0.717, 1.165) is 5.56 Å². The number of aliphatic hydroxyl groups is 1. The van der Waals surface area contributed by atoms with Gasteiger partial charge in [0.05, 0.1) is 18.2 Å². The lowest BCUT2D eigenvalue weighted by Gasteiger charge is -2.14. The van der Waals surface area contributed by atoms with Crippen LogP contribution in [-0.2, 0) is 0 Å². The van der Waals surface area contributed by atoms with Crippen LogP contribution < -0.4 is 4.74 Å². The lowest BCUT2D eigenvalue weighted by Crippen LogP contribution is -1.99. The zero-order valence-corrected chi connectivity index (χ0v) is 8.72. The monoisotopic (exact) mass is 200 g/mol. The molecule has 0 aliphatic carbocycles. The molecule has 0 amide bonds. The van der Waals surface area contributed by atoms with Crippen molar-refractivity contribution in [2.45, 2.75) is 20.0 Å². The topological polar surface area (TPSA) is 29.5 Å². The summed E-state index contributed by atoms with van der Waals surface area (Å²) in [5, 5.41) is 10.0. The minimum Gasteiger partial charge on any atom is -0.496 e. The van der Waals surface area contributed by atoms with Crippen molar-refractivity contribution >= 4 is 11.6 Å². The first-order valence-corrected chi connectivity index (χ1v) is 4.46. The average molecular weight is 201 g/mol. The Kier molecular flexibility index (Phi) is 3.17. The number of hydrogen-bond donors (Lipinski definition) is 1. The fraction of sp³-hybridized carbons (Fsp3) is 0.400. The molecule has 1 atom stereocenters. The van der Waals surface area contributed by atoms with Gasteiger partial charge >= 0.3 is 0 Å². The number of aryl methyl sites for hydroxylation is 1. The number of hydrogen-bond acceptors (Lipinski definition) is 2. The molecular formula is C10H13ClO2. The largest absolute Gasteiger partial charge is 0.496 e. The van der Waals surface area contributed by atoms with Crippen molar-refractivity contribution in [2.75, 3.05) is 7.11 Å². The van der Waals surface area contributed by atoms with Gasteiger partial charge in [-0.2, -0.15) is 0 Å². The summed E-state index contributed by atoms with van der Waals surface area (Å²) in [7, 11) is 1.57. The summed E-state index contributed by atoms with van der Waals surface area (Å²) in [6.07, 6.45) is -0.609. The quantitative estimate of drug-likeness (QED) is 0.796. The van der Waals surface area contributed by atoms with Crippen LogP contribution >= 0.6 is 11.6 Å². The van der Waals surface area contributed by atoms with Gasteiger partial charge in [0.15, 0.2) is 0 Å². The van der Waals surface area contributed by atoms with Crippen molar-refractivity contribution in [1.82, 2.24) is 0 Å². The van der Waals surface area contributed by atoms with E-state index in [2.05, 4.69) is 0 Å². The second kappa shape index (κ2) is 3.99. The molecule has 0 radical (unpaired) electrons. The molecule has 0 saturated heterocycles. The Morgan fingerprint density at radius 2 is 2.08 bits per heavy atom. The first kappa shape index (κ1) is 10.4. The molecule has 1 unspecified atom stereocenters. The van der Waals surface area contributed by atoms with E-state index in [1.165, 1.54) is 0 Å². The molecule has 0 aliphatic rings. The van der Waals surface area contributed by atoms with Crippen LogP contribution in [0.4, 0.5) is 0 Å². The summed E-state index contributed by atoms with van der Waals surface area (Å²) in [5.74, 6) is 0.669. The van der Waals surface area contributed by atoms with Gasteiger partial charge in [-0.15, -0.1) is 0 Å². The zero-order valence-electron chi connectivity index (χ0n) is 7.97. The van der Waals surface area contributed by atoms with Crippen molar-refractivity contribution in [3.8, 4) is 5.75 Å². The van der Waals surface area contributed by atoms with Crippen molar-refractivity contribution in [3.05, 3.63) is 28.3 Å². The van der Waals surface area contributed by atoms with Gasteiger partial charge in [-0.3, -0.25) is 0 Å². The molecule has 0 bridgehead atoms. The lowest BCUT2D eigenvalue weighted by molar-refractivity contribution is 0.194. The van der Waals surface area contributed by atoms with E-state index in [-0.39, 0.29) is 0 Å². The predicted octanol–water partition coefficient (Wildman–Crippen LogP) is 2.71. The Morgan fingerprint density at radius 3 is 2.46 bits per heavy atom. The van der Waals surface area contributed by atoms with Crippen LogP contribution in [0.3, 0.4) is 0 Å². The maximum atomic E-state index is 9.48. The van der Waals surface area contributed by atoms with Crippen molar-refractivity contribution < 1.29 is 9.84 Å². The molecule has 0 spiro atoms. The summed E-state index contributed by atoms with van der Waals surface area (Å²) in [6, 6.07) is 3.63. The first-order chi connectivity index (χ1) is 6.07. The highest BCUT2D eigenvalue weighted by molar-refractivity contribution is 6.31. The van der Waals surface area contributed by atoms with Crippen molar-refractivity contribution in [2.24, 2.45) is 0 Å². The number of aliphatic hydroxyl groups excluding tert-OH is 1. The molecule has 0 fully saturated rings. The molecule has 1 N–H and O–H groups in total. The second-order valence-corrected chi connectivity index (χ2v) is 3.39. The minimum atomic E-state index is -0.609. The van der Waals surface area contributed by atoms with Gasteiger partial charge in [0.2, 0.25) is 0 Å². The molecule has 0 aliphatic heterocycles. The standard InChI is InChI=1S/C10H13ClO2/c1-6-4-5-8(11)9(7(2)12)10(6)13-3/h4-5,7,12H,1-3H3. The van der Waals surface area contributed by atoms with Gasteiger partial charge in [0.25, 0.3) is 0 Å². The lowest BCUT2D eigenvalue weighted by atomic mass is 10.1. The third kappa shape index (κ3) is 1.95. The SMILES string of the molecule is COc1c(C)ccc(Cl)c1C(C)O. The van der Waals surface area contributed by atoms with Crippen LogP contribution in [0.2, 0.25) is 5.02 Å². The van der Waals surface area contributed by atoms with E-state index >= 15 is 0 Å². The number of ether oxygens (including phenoxy) is 1. The van der Waals surface area contributed by atoms with Crippen LogP contribution in [0.1, 0.15) is 24.2 Å². The minimum absolute atomic E-state index is 0.539. The Bertz CT molecular complexity index is 308. The summed E-state index contributed by atoms with van der Waals surface area (Å²) >= 11 is 5.94. The van der Waals surface area contributed by atoms with E-state index < -0.39 is 6.10 Å². The average Bonchev–Trinajstić information content (AvgIpc) is 2.07. The van der Waals surface area contributed by atoms with Gasteiger partial charge in [-0.1, -0.05) is 17.7 Å². The van der Waals surface area contributed by atoms with Crippen LogP contribution in [0, 0.1) is 6.92 Å². The Morgan fingerprint density at radius 1 is 1.46 bits per heavy atom. The number of rotatable bonds is 2. The van der Waals surface area contributed by atoms with Gasteiger partial charge < -0.3 is 9.84 Å². The summed E-state index contributed by atoms with van der Waals surface area (Å²) < 4.78 is 5.17. The van der Waals surface area contributed by atoms with E-state index in [9.17, 15) is 5.11 Å². The number of halogens is 1. The maximum absolute atomic E-state index is 9.48. The van der Waals surface area contributed by atoms with E-state index in [4.69, 9.17) is 16.3 Å². The zero-order chi connectivity index (χ0) is 10.0. The molecule has 0 aromatic heterocycles. The van der Waals surface area contributed by atoms with E-state index in [0.29, 0.717) is 16.3 Å². The normalized spacial score (nSPS) is 12.7. The first-order valence-electron chi connectivity index (χ1n) is 4.09. The van der Waals surface area contributed by atoms with E-state index in [1.54, 1.807) is 20.1 Å². The van der Waals surface area contributed by atoms with Gasteiger partial charge in [0, 0.05) is 5.56 Å². The molecule has 1 rings (SSSR count). The summed E-state index contributed by atoms with van der Waals surface area (Å²) in [4.78, 5) is 0. The molecular weight excluding hydrogens is 188 g/mol. The molecule has 0 saturated carbocycles. The van der Waals surface area contributed by atoms with Gasteiger partial charge in [-0.25, -0.2) is 0 Å². The molecule has 1 aromatic carbocycles. The van der Waals surface area contributed by atoms with Crippen LogP contribution in [0.15, 0.2) is 12.1 Å². The summed E-state index contributed by atoms with van der Waals surface area (Å²) in [5.41, 5.74) is 1.63. The third-order valence-corrected chi connectivity index (χ3v) is 2.29. The van der Waals surface area contributed by atoms with Crippen LogP contribution in [0.5, 0.6) is 5.75 Å². The fourth-order valence-corrected chi connectivity index (χ4v) is 1.65. The number of methoxy groups -OCH3 is 1. The third-order valence-electron chi connectivity index (χ3n) is 1.96. The number of benzene rings is 1. The highest BCUT2D eigenvalue weighted by Crippen LogP contribution is 2.34. The highest BCUT2D eigenvalue weighted by Gasteiger charge is 2.14. The Labute approximate surface area is 83.1 Å². The van der Waals surface area contributed by atoms with Gasteiger partial charge in [-0.05, 0) is 25.5 Å². The molecule has 0 heterocycles. The molecule has 2 nitrogen and oxygen atoms in total. The Hall–Kier alpha value is -0.730. The smallest absolute Gasteiger partial charge is 0.129 e. The van der Waals surface area contributed by atoms with Crippen LogP contribution in [-0.4, -0.2) is 12.2 Å². The van der Waals surface area contributed by atoms with E-state index in [1.807, 2.05) is 13.0 Å². The maximum Gasteiger partial charge on any atom is 0.129 e. The molecule has 3 heteroatoms. The van der Waals surface area contributed by atoms with Crippen molar-refractivity contribution in [1.29, 1.82) is 0 Å². The Balaban J connectivity index is 3.35. The highest BCUT2D eigenvalue weighted by atomic mass is 35.5. The summed E-state index contributed by atoms with van der Waals surface area (Å²) in [6.45, 7) is 3.59. The van der Waals surface area contributed by atoms with Gasteiger partial charge in [0.1, 0.15) is 5.75 Å². The second-order valence-electron chi connectivity index (χ2n) is 2.99. The fourth-order valence-electron chi connectivity index (χ4n) is 1.34. The predicted molar refractivity (Wildman–Crippen MR) is 53.4 cm³/mol.